The van der Waals surface area contributed by atoms with Crippen molar-refractivity contribution in [3.63, 3.8) is 0 Å². The number of hydrogen-bond acceptors (Lipinski definition) is 8. The van der Waals surface area contributed by atoms with Gasteiger partial charge in [0.2, 0.25) is 0 Å². The van der Waals surface area contributed by atoms with Crippen molar-refractivity contribution in [2.24, 2.45) is 0 Å². The van der Waals surface area contributed by atoms with E-state index in [4.69, 9.17) is 0 Å². The maximum atomic E-state index is 13.1. The molecule has 198 valence electrons. The summed E-state index contributed by atoms with van der Waals surface area (Å²) in [6.45, 7) is -1.94. The molecule has 0 aromatic heterocycles. The van der Waals surface area contributed by atoms with Gasteiger partial charge in [0.05, 0.1) is 63.9 Å². The van der Waals surface area contributed by atoms with Crippen LogP contribution in [0.1, 0.15) is 20.7 Å². The van der Waals surface area contributed by atoms with Gasteiger partial charge in [0, 0.05) is 18.3 Å². The molecule has 0 aliphatic heterocycles. The molecule has 0 aliphatic rings. The Morgan fingerprint density at radius 2 is 0.816 bits per heavy atom. The van der Waals surface area contributed by atoms with E-state index in [2.05, 4.69) is 10.6 Å². The summed E-state index contributed by atoms with van der Waals surface area (Å²) in [6, 6.07) is -1.81. The van der Waals surface area contributed by atoms with Crippen molar-refractivity contribution < 1.29 is 99.3 Å². The van der Waals surface area contributed by atoms with Gasteiger partial charge < -0.3 is 41.3 Å². The zero-order chi connectivity index (χ0) is 27.5. The van der Waals surface area contributed by atoms with Crippen LogP contribution in [0.2, 0.25) is 0 Å². The number of benzene rings is 2. The van der Waals surface area contributed by atoms with Gasteiger partial charge in [-0.05, 0) is 136 Å². The standard InChI is InChI=1S/C20H18I6N2O8.2Na/c21-11-7(13(23)17(33)15(25)9(11)19(35)27-5(1-29)2-30)8-12(22)10(16(26)18(34)14(8)24)20(36)28-6(3-31)4-32;;/h5-6,29-34H,1-4H2,(H,27,35)(H,28,36);;/q;2*+1. The number of halogens is 6. The minimum atomic E-state index is -0.905. The van der Waals surface area contributed by atoms with Crippen molar-refractivity contribution in [2.75, 3.05) is 26.4 Å². The first-order valence-corrected chi connectivity index (χ1v) is 16.2. The van der Waals surface area contributed by atoms with E-state index < -0.39 is 50.3 Å². The van der Waals surface area contributed by atoms with Crippen LogP contribution in [-0.4, -0.2) is 81.0 Å². The molecule has 2 aromatic rings. The van der Waals surface area contributed by atoms with Crippen LogP contribution < -0.4 is 69.7 Å². The van der Waals surface area contributed by atoms with E-state index in [9.17, 15) is 40.2 Å². The molecule has 0 atom stereocenters. The molecule has 10 nitrogen and oxygen atoms in total. The van der Waals surface area contributed by atoms with Gasteiger partial charge in [-0.1, -0.05) is 0 Å². The third-order valence-electron chi connectivity index (χ3n) is 4.84. The van der Waals surface area contributed by atoms with Crippen molar-refractivity contribution in [3.05, 3.63) is 32.5 Å². The predicted octanol–water partition coefficient (Wildman–Crippen LogP) is -3.43. The third-order valence-corrected chi connectivity index (χ3v) is 11.2. The van der Waals surface area contributed by atoms with Crippen molar-refractivity contribution in [3.8, 4) is 22.6 Å². The van der Waals surface area contributed by atoms with E-state index in [1.807, 2.05) is 136 Å². The first-order valence-electron chi connectivity index (χ1n) is 9.71. The van der Waals surface area contributed by atoms with E-state index in [0.29, 0.717) is 25.4 Å². The number of aliphatic hydroxyl groups is 4. The Balaban J connectivity index is 0.00000684. The number of aliphatic hydroxyl groups excluding tert-OH is 4. The number of rotatable bonds is 9. The Labute approximate surface area is 344 Å². The van der Waals surface area contributed by atoms with Gasteiger partial charge in [0.25, 0.3) is 11.8 Å². The number of phenolic OH excluding ortho intramolecular Hbond substituents is 2. The molecule has 2 rings (SSSR count). The summed E-state index contributed by atoms with van der Waals surface area (Å²) in [4.78, 5) is 26.2. The Kier molecular flexibility index (Phi) is 20.5. The number of aromatic hydroxyl groups is 2. The molecular weight excluding hydrogens is 1200 g/mol. The van der Waals surface area contributed by atoms with E-state index >= 15 is 0 Å². The Morgan fingerprint density at radius 3 is 1.05 bits per heavy atom. The Hall–Kier alpha value is 3.20. The van der Waals surface area contributed by atoms with Crippen molar-refractivity contribution in [2.45, 2.75) is 12.1 Å². The van der Waals surface area contributed by atoms with Crippen molar-refractivity contribution >= 4 is 147 Å². The first kappa shape index (κ1) is 41.2. The number of carbonyl (C=O) groups excluding carboxylic acids is 2. The van der Waals surface area contributed by atoms with E-state index in [1.165, 1.54) is 0 Å². The second kappa shape index (κ2) is 18.9. The smallest absolute Gasteiger partial charge is 0.506 e. The Bertz CT molecular complexity index is 1110. The van der Waals surface area contributed by atoms with Crippen LogP contribution in [0.5, 0.6) is 11.5 Å². The number of phenols is 2. The number of carbonyl (C=O) groups is 2. The molecule has 2 amide bonds. The molecule has 0 saturated carbocycles. The fraction of sp³-hybridized carbons (Fsp3) is 0.300. The van der Waals surface area contributed by atoms with Crippen LogP contribution in [0.15, 0.2) is 0 Å². The fourth-order valence-corrected chi connectivity index (χ4v) is 11.3. The van der Waals surface area contributed by atoms with Crippen LogP contribution in [0, 0.1) is 21.4 Å². The SMILES string of the molecule is O=C(NC(CO)CO)c1c(I)c(O)c(I)c(-c2c(I)c(O)c(I)c(C(=O)NC(CO)CO)c2I)c1I.[Na+].[Na+]. The molecule has 18 heteroatoms. The third kappa shape index (κ3) is 9.12. The quantitative estimate of drug-likeness (QED) is 0.0946. The van der Waals surface area contributed by atoms with Gasteiger partial charge in [-0.3, -0.25) is 9.59 Å². The molecule has 0 fully saturated rings. The molecule has 0 radical (unpaired) electrons. The van der Waals surface area contributed by atoms with Gasteiger partial charge in [-0.25, -0.2) is 0 Å². The second-order valence-electron chi connectivity index (χ2n) is 7.15. The summed E-state index contributed by atoms with van der Waals surface area (Å²) >= 11 is 11.4. The van der Waals surface area contributed by atoms with Crippen LogP contribution in [-0.2, 0) is 0 Å². The minimum absolute atomic E-state index is 0. The van der Waals surface area contributed by atoms with Crippen molar-refractivity contribution in [1.82, 2.24) is 10.6 Å². The largest absolute Gasteiger partial charge is 1.00 e. The summed E-state index contributed by atoms with van der Waals surface area (Å²) in [5.74, 6) is -1.62. The second-order valence-corrected chi connectivity index (χ2v) is 13.6. The van der Waals surface area contributed by atoms with Crippen LogP contribution >= 0.6 is 136 Å². The molecule has 2 aromatic carbocycles. The molecule has 0 aliphatic carbocycles. The summed E-state index contributed by atoms with van der Waals surface area (Å²) in [6.07, 6.45) is 0. The number of hydrogen-bond donors (Lipinski definition) is 8. The summed E-state index contributed by atoms with van der Waals surface area (Å²) in [5.41, 5.74) is 1.01. The normalized spacial score (nSPS) is 10.7. The zero-order valence-corrected chi connectivity index (χ0v) is 36.7. The molecule has 0 saturated heterocycles. The van der Waals surface area contributed by atoms with Gasteiger partial charge in [0.1, 0.15) is 11.5 Å². The number of amides is 2. The van der Waals surface area contributed by atoms with Gasteiger partial charge in [-0.2, -0.15) is 0 Å². The summed E-state index contributed by atoms with van der Waals surface area (Å²) in [5, 5.41) is 64.4. The van der Waals surface area contributed by atoms with Gasteiger partial charge in [0.15, 0.2) is 0 Å². The van der Waals surface area contributed by atoms with Crippen LogP contribution in [0.4, 0.5) is 0 Å². The fourth-order valence-electron chi connectivity index (χ4n) is 2.95. The number of nitrogens with one attached hydrogen (secondary N) is 2. The summed E-state index contributed by atoms with van der Waals surface area (Å²) < 4.78 is 2.10. The molecular formula is C20H18I6N2Na2O8+2. The minimum Gasteiger partial charge on any atom is -0.506 e. The maximum Gasteiger partial charge on any atom is 1.00 e. The molecule has 0 heterocycles. The molecule has 38 heavy (non-hydrogen) atoms. The van der Waals surface area contributed by atoms with E-state index in [0.717, 1.165) is 0 Å². The van der Waals surface area contributed by atoms with Crippen molar-refractivity contribution in [1.29, 1.82) is 0 Å². The zero-order valence-electron chi connectivity index (χ0n) is 19.8. The molecule has 0 spiro atoms. The van der Waals surface area contributed by atoms with Gasteiger partial charge in [-0.15, -0.1) is 0 Å². The maximum absolute atomic E-state index is 13.1. The molecule has 8 N–H and O–H groups in total. The predicted molar refractivity (Wildman–Crippen MR) is 182 cm³/mol. The molecule has 0 unspecified atom stereocenters. The average Bonchev–Trinajstić information content (AvgIpc) is 2.85. The topological polar surface area (TPSA) is 180 Å². The first-order chi connectivity index (χ1) is 16.9. The van der Waals surface area contributed by atoms with Crippen LogP contribution in [0.3, 0.4) is 0 Å². The van der Waals surface area contributed by atoms with E-state index in [-0.39, 0.29) is 88.9 Å². The average molecular weight is 1220 g/mol. The Morgan fingerprint density at radius 1 is 0.553 bits per heavy atom. The van der Waals surface area contributed by atoms with Crippen LogP contribution in [0.25, 0.3) is 11.1 Å². The summed E-state index contributed by atoms with van der Waals surface area (Å²) in [7, 11) is 0. The monoisotopic (exact) mass is 1220 g/mol. The van der Waals surface area contributed by atoms with Gasteiger partial charge >= 0.3 is 59.1 Å². The molecule has 0 bridgehead atoms. The van der Waals surface area contributed by atoms with E-state index in [1.54, 1.807) is 0 Å².